The Kier molecular flexibility index (Phi) is 2.83. The molecule has 0 fully saturated rings. The van der Waals surface area contributed by atoms with Gasteiger partial charge in [-0.05, 0) is 30.7 Å². The molecule has 2 rings (SSSR count). The van der Waals surface area contributed by atoms with Crippen molar-refractivity contribution in [2.24, 2.45) is 5.73 Å². The zero-order valence-electron chi connectivity index (χ0n) is 8.20. The number of hydrogen-bond acceptors (Lipinski definition) is 4. The molecule has 4 nitrogen and oxygen atoms in total. The Morgan fingerprint density at radius 2 is 2.13 bits per heavy atom. The first-order valence-electron chi connectivity index (χ1n) is 4.49. The molecule has 1 aromatic heterocycles. The number of aromatic nitrogens is 2. The van der Waals surface area contributed by atoms with Crippen LogP contribution in [0.1, 0.15) is 11.5 Å². The molecule has 1 heterocycles. The summed E-state index contributed by atoms with van der Waals surface area (Å²) in [5.74, 6) is 0.947. The van der Waals surface area contributed by atoms with Crippen molar-refractivity contribution in [1.82, 2.24) is 10.2 Å². The second-order valence-corrected chi connectivity index (χ2v) is 4.14. The number of aryl methyl sites for hydroxylation is 1. The zero-order valence-corrected chi connectivity index (χ0v) is 9.78. The lowest BCUT2D eigenvalue weighted by atomic mass is 10.1. The second-order valence-electron chi connectivity index (χ2n) is 3.22. The molecule has 0 aliphatic rings. The van der Waals surface area contributed by atoms with Gasteiger partial charge >= 0.3 is 0 Å². The van der Waals surface area contributed by atoms with Crippen molar-refractivity contribution in [2.45, 2.75) is 13.5 Å². The standard InChI is InChI=1S/C10H10BrN3O/c1-6-2-7(4-8(11)3-6)10-14-13-9(5-12)15-10/h2-4H,5,12H2,1H3. The van der Waals surface area contributed by atoms with Crippen LogP contribution in [-0.2, 0) is 6.54 Å². The summed E-state index contributed by atoms with van der Waals surface area (Å²) in [6.07, 6.45) is 0. The van der Waals surface area contributed by atoms with Gasteiger partial charge in [-0.25, -0.2) is 0 Å². The minimum atomic E-state index is 0.264. The summed E-state index contributed by atoms with van der Waals surface area (Å²) in [5, 5.41) is 7.74. The molecule has 0 unspecified atom stereocenters. The third kappa shape index (κ3) is 2.24. The molecule has 0 bridgehead atoms. The van der Waals surface area contributed by atoms with Crippen molar-refractivity contribution < 1.29 is 4.42 Å². The van der Waals surface area contributed by atoms with E-state index in [2.05, 4.69) is 26.1 Å². The maximum Gasteiger partial charge on any atom is 0.247 e. The molecule has 2 aromatic rings. The molecular weight excluding hydrogens is 258 g/mol. The summed E-state index contributed by atoms with van der Waals surface area (Å²) >= 11 is 3.42. The molecular formula is C10H10BrN3O. The number of hydrogen-bond donors (Lipinski definition) is 1. The Morgan fingerprint density at radius 3 is 2.73 bits per heavy atom. The highest BCUT2D eigenvalue weighted by atomic mass is 79.9. The molecule has 0 radical (unpaired) electrons. The van der Waals surface area contributed by atoms with Gasteiger partial charge in [0, 0.05) is 10.0 Å². The molecule has 0 saturated heterocycles. The average Bonchev–Trinajstić information content (AvgIpc) is 2.64. The third-order valence-corrected chi connectivity index (χ3v) is 2.39. The lowest BCUT2D eigenvalue weighted by molar-refractivity contribution is 0.508. The molecule has 15 heavy (non-hydrogen) atoms. The van der Waals surface area contributed by atoms with Gasteiger partial charge in [-0.3, -0.25) is 0 Å². The number of rotatable bonds is 2. The molecule has 1 aromatic carbocycles. The summed E-state index contributed by atoms with van der Waals surface area (Å²) in [5.41, 5.74) is 7.42. The number of nitrogens with zero attached hydrogens (tertiary/aromatic N) is 2. The Hall–Kier alpha value is -1.20. The van der Waals surface area contributed by atoms with Crippen LogP contribution in [0.15, 0.2) is 27.1 Å². The number of benzene rings is 1. The fourth-order valence-corrected chi connectivity index (χ4v) is 1.92. The van der Waals surface area contributed by atoms with Gasteiger partial charge < -0.3 is 10.2 Å². The smallest absolute Gasteiger partial charge is 0.247 e. The first kappa shape index (κ1) is 10.3. The van der Waals surface area contributed by atoms with E-state index in [9.17, 15) is 0 Å². The fourth-order valence-electron chi connectivity index (χ4n) is 1.31. The third-order valence-electron chi connectivity index (χ3n) is 1.93. The van der Waals surface area contributed by atoms with Crippen LogP contribution in [0.4, 0.5) is 0 Å². The van der Waals surface area contributed by atoms with E-state index < -0.39 is 0 Å². The lowest BCUT2D eigenvalue weighted by Gasteiger charge is -1.98. The SMILES string of the molecule is Cc1cc(Br)cc(-c2nnc(CN)o2)c1. The quantitative estimate of drug-likeness (QED) is 0.907. The van der Waals surface area contributed by atoms with E-state index in [1.54, 1.807) is 0 Å². The predicted octanol–water partition coefficient (Wildman–Crippen LogP) is 2.27. The first-order chi connectivity index (χ1) is 7.19. The van der Waals surface area contributed by atoms with Gasteiger partial charge in [0.15, 0.2) is 0 Å². The minimum Gasteiger partial charge on any atom is -0.419 e. The molecule has 78 valence electrons. The van der Waals surface area contributed by atoms with Crippen LogP contribution in [0.5, 0.6) is 0 Å². The minimum absolute atomic E-state index is 0.264. The monoisotopic (exact) mass is 267 g/mol. The maximum absolute atomic E-state index is 5.40. The van der Waals surface area contributed by atoms with Gasteiger partial charge in [-0.2, -0.15) is 0 Å². The highest BCUT2D eigenvalue weighted by Crippen LogP contribution is 2.23. The molecule has 0 aliphatic carbocycles. The molecule has 0 atom stereocenters. The Labute approximate surface area is 95.6 Å². The summed E-state index contributed by atoms with van der Waals surface area (Å²) in [6, 6.07) is 5.93. The topological polar surface area (TPSA) is 64.9 Å². The largest absolute Gasteiger partial charge is 0.419 e. The molecule has 0 amide bonds. The highest BCUT2D eigenvalue weighted by molar-refractivity contribution is 9.10. The zero-order chi connectivity index (χ0) is 10.8. The molecule has 2 N–H and O–H groups in total. The highest BCUT2D eigenvalue weighted by Gasteiger charge is 2.08. The molecule has 0 aliphatic heterocycles. The maximum atomic E-state index is 5.40. The van der Waals surface area contributed by atoms with Crippen LogP contribution in [-0.4, -0.2) is 10.2 Å². The van der Waals surface area contributed by atoms with Gasteiger partial charge in [-0.1, -0.05) is 15.9 Å². The lowest BCUT2D eigenvalue weighted by Crippen LogP contribution is -1.95. The van der Waals surface area contributed by atoms with Gasteiger partial charge in [-0.15, -0.1) is 10.2 Å². The Balaban J connectivity index is 2.44. The molecule has 0 saturated carbocycles. The van der Waals surface area contributed by atoms with E-state index in [0.29, 0.717) is 11.8 Å². The van der Waals surface area contributed by atoms with E-state index >= 15 is 0 Å². The van der Waals surface area contributed by atoms with Crippen molar-refractivity contribution in [3.63, 3.8) is 0 Å². The summed E-state index contributed by atoms with van der Waals surface area (Å²) in [7, 11) is 0. The first-order valence-corrected chi connectivity index (χ1v) is 5.28. The van der Waals surface area contributed by atoms with Crippen molar-refractivity contribution in [3.05, 3.63) is 34.1 Å². The van der Waals surface area contributed by atoms with Gasteiger partial charge in [0.2, 0.25) is 11.8 Å². The van der Waals surface area contributed by atoms with Crippen LogP contribution in [0, 0.1) is 6.92 Å². The van der Waals surface area contributed by atoms with Crippen molar-refractivity contribution in [2.75, 3.05) is 0 Å². The summed E-state index contributed by atoms with van der Waals surface area (Å²) < 4.78 is 6.35. The molecule has 0 spiro atoms. The Morgan fingerprint density at radius 1 is 1.33 bits per heavy atom. The van der Waals surface area contributed by atoms with Crippen molar-refractivity contribution >= 4 is 15.9 Å². The normalized spacial score (nSPS) is 10.6. The summed E-state index contributed by atoms with van der Waals surface area (Å²) in [4.78, 5) is 0. The Bertz CT molecular complexity index is 461. The van der Waals surface area contributed by atoms with E-state index in [0.717, 1.165) is 15.6 Å². The predicted molar refractivity (Wildman–Crippen MR) is 60.1 cm³/mol. The van der Waals surface area contributed by atoms with Crippen LogP contribution >= 0.6 is 15.9 Å². The second kappa shape index (κ2) is 4.12. The van der Waals surface area contributed by atoms with Crippen LogP contribution < -0.4 is 5.73 Å². The molecule has 5 heteroatoms. The van der Waals surface area contributed by atoms with Crippen LogP contribution in [0.25, 0.3) is 11.5 Å². The van der Waals surface area contributed by atoms with E-state index in [4.69, 9.17) is 10.2 Å². The van der Waals surface area contributed by atoms with Crippen molar-refractivity contribution in [3.8, 4) is 11.5 Å². The number of nitrogens with two attached hydrogens (primary N) is 1. The van der Waals surface area contributed by atoms with E-state index in [1.807, 2.05) is 25.1 Å². The fraction of sp³-hybridized carbons (Fsp3) is 0.200. The van der Waals surface area contributed by atoms with E-state index in [-0.39, 0.29) is 6.54 Å². The van der Waals surface area contributed by atoms with Crippen LogP contribution in [0.3, 0.4) is 0 Å². The number of halogens is 1. The van der Waals surface area contributed by atoms with Gasteiger partial charge in [0.05, 0.1) is 6.54 Å². The van der Waals surface area contributed by atoms with E-state index in [1.165, 1.54) is 0 Å². The summed E-state index contributed by atoms with van der Waals surface area (Å²) in [6.45, 7) is 2.27. The van der Waals surface area contributed by atoms with Gasteiger partial charge in [0.1, 0.15) is 0 Å². The van der Waals surface area contributed by atoms with Crippen LogP contribution in [0.2, 0.25) is 0 Å². The average molecular weight is 268 g/mol. The van der Waals surface area contributed by atoms with Gasteiger partial charge in [0.25, 0.3) is 0 Å². The van der Waals surface area contributed by atoms with Crippen molar-refractivity contribution in [1.29, 1.82) is 0 Å².